The molecule has 1 N–H and O–H groups in total. The van der Waals surface area contributed by atoms with Crippen LogP contribution in [0.15, 0.2) is 30.7 Å². The molecular weight excluding hydrogens is 211 g/mol. The van der Waals surface area contributed by atoms with Crippen LogP contribution in [0.5, 0.6) is 0 Å². The Balaban J connectivity index is 2.22. The lowest BCUT2D eigenvalue weighted by Crippen LogP contribution is -2.16. The first-order valence-corrected chi connectivity index (χ1v) is 4.57. The maximum Gasteiger partial charge on any atom is 0.259 e. The fourth-order valence-corrected chi connectivity index (χ4v) is 1.24. The summed E-state index contributed by atoms with van der Waals surface area (Å²) >= 11 is 0. The molecule has 2 heterocycles. The molecular formula is C10H9FN4O. The lowest BCUT2D eigenvalue weighted by atomic mass is 10.2. The number of rotatable bonds is 2. The summed E-state index contributed by atoms with van der Waals surface area (Å²) in [5.41, 5.74) is -0.0452. The summed E-state index contributed by atoms with van der Waals surface area (Å²) in [6.07, 6.45) is 3.90. The summed E-state index contributed by atoms with van der Waals surface area (Å²) in [4.78, 5) is 15.2. The molecule has 2 aromatic heterocycles. The van der Waals surface area contributed by atoms with Gasteiger partial charge in [-0.1, -0.05) is 0 Å². The zero-order valence-corrected chi connectivity index (χ0v) is 8.51. The molecule has 0 saturated carbocycles. The molecule has 0 saturated heterocycles. The van der Waals surface area contributed by atoms with Gasteiger partial charge in [0.2, 0.25) is 0 Å². The number of carbonyl (C=O) groups excluding carboxylic acids is 1. The molecule has 0 bridgehead atoms. The number of halogens is 1. The quantitative estimate of drug-likeness (QED) is 0.827. The zero-order valence-electron chi connectivity index (χ0n) is 8.51. The number of hydrogen-bond acceptors (Lipinski definition) is 3. The lowest BCUT2D eigenvalue weighted by Gasteiger charge is -2.05. The molecule has 6 heteroatoms. The van der Waals surface area contributed by atoms with Gasteiger partial charge in [-0.15, -0.1) is 0 Å². The molecule has 0 fully saturated rings. The van der Waals surface area contributed by atoms with Crippen LogP contribution in [0.1, 0.15) is 10.4 Å². The van der Waals surface area contributed by atoms with Gasteiger partial charge in [0.25, 0.3) is 5.91 Å². The maximum atomic E-state index is 13.2. The molecule has 16 heavy (non-hydrogen) atoms. The van der Waals surface area contributed by atoms with E-state index in [0.29, 0.717) is 5.82 Å². The molecule has 0 aliphatic carbocycles. The van der Waals surface area contributed by atoms with E-state index in [-0.39, 0.29) is 5.56 Å². The van der Waals surface area contributed by atoms with E-state index in [1.54, 1.807) is 19.3 Å². The highest BCUT2D eigenvalue weighted by atomic mass is 19.1. The van der Waals surface area contributed by atoms with Crippen LogP contribution < -0.4 is 5.32 Å². The highest BCUT2D eigenvalue weighted by Crippen LogP contribution is 2.09. The first kappa shape index (κ1) is 10.3. The highest BCUT2D eigenvalue weighted by Gasteiger charge is 2.12. The molecule has 82 valence electrons. The predicted molar refractivity (Wildman–Crippen MR) is 55.4 cm³/mol. The zero-order chi connectivity index (χ0) is 11.5. The third-order valence-corrected chi connectivity index (χ3v) is 2.08. The number of nitrogens with zero attached hydrogens (tertiary/aromatic N) is 3. The smallest absolute Gasteiger partial charge is 0.259 e. The van der Waals surface area contributed by atoms with Crippen molar-refractivity contribution >= 4 is 11.7 Å². The minimum Gasteiger partial charge on any atom is -0.307 e. The average Bonchev–Trinajstić information content (AvgIpc) is 2.65. The van der Waals surface area contributed by atoms with Crippen molar-refractivity contribution in [2.45, 2.75) is 0 Å². The number of anilines is 1. The number of carbonyl (C=O) groups is 1. The Morgan fingerprint density at radius 3 is 2.88 bits per heavy atom. The molecule has 0 radical (unpaired) electrons. The first-order valence-electron chi connectivity index (χ1n) is 4.57. The predicted octanol–water partition coefficient (Wildman–Crippen LogP) is 1.21. The Hall–Kier alpha value is -2.24. The number of pyridine rings is 1. The van der Waals surface area contributed by atoms with Gasteiger partial charge in [0.15, 0.2) is 5.82 Å². The van der Waals surface area contributed by atoms with E-state index < -0.39 is 11.7 Å². The largest absolute Gasteiger partial charge is 0.307 e. The van der Waals surface area contributed by atoms with Gasteiger partial charge < -0.3 is 5.32 Å². The van der Waals surface area contributed by atoms with Gasteiger partial charge in [-0.05, 0) is 6.07 Å². The number of aromatic nitrogens is 3. The summed E-state index contributed by atoms with van der Waals surface area (Å²) in [5, 5.41) is 6.42. The van der Waals surface area contributed by atoms with Crippen molar-refractivity contribution in [2.24, 2.45) is 7.05 Å². The summed E-state index contributed by atoms with van der Waals surface area (Å²) < 4.78 is 14.7. The van der Waals surface area contributed by atoms with E-state index in [4.69, 9.17) is 0 Å². The Kier molecular flexibility index (Phi) is 2.63. The molecule has 0 spiro atoms. The number of amides is 1. The van der Waals surface area contributed by atoms with E-state index in [1.807, 2.05) is 0 Å². The van der Waals surface area contributed by atoms with Crippen LogP contribution in [0.25, 0.3) is 0 Å². The van der Waals surface area contributed by atoms with Gasteiger partial charge in [0.05, 0.1) is 18.0 Å². The fourth-order valence-electron chi connectivity index (χ4n) is 1.24. The first-order chi connectivity index (χ1) is 7.68. The molecule has 0 unspecified atom stereocenters. The Labute approximate surface area is 90.9 Å². The maximum absolute atomic E-state index is 13.2. The van der Waals surface area contributed by atoms with E-state index >= 15 is 0 Å². The van der Waals surface area contributed by atoms with Crippen molar-refractivity contribution in [3.8, 4) is 0 Å². The van der Waals surface area contributed by atoms with Crippen LogP contribution in [-0.2, 0) is 7.05 Å². The van der Waals surface area contributed by atoms with E-state index in [0.717, 1.165) is 6.20 Å². The third kappa shape index (κ3) is 1.90. The Morgan fingerprint density at radius 2 is 2.25 bits per heavy atom. The Morgan fingerprint density at radius 1 is 1.44 bits per heavy atom. The third-order valence-electron chi connectivity index (χ3n) is 2.08. The molecule has 0 aliphatic heterocycles. The molecule has 2 rings (SSSR count). The van der Waals surface area contributed by atoms with Crippen molar-refractivity contribution in [1.29, 1.82) is 0 Å². The SMILES string of the molecule is Cn1nccc1NC(=O)c1ccncc1F. The minimum absolute atomic E-state index is 0.0452. The second kappa shape index (κ2) is 4.09. The van der Waals surface area contributed by atoms with Crippen molar-refractivity contribution in [1.82, 2.24) is 14.8 Å². The van der Waals surface area contributed by atoms with Crippen molar-refractivity contribution < 1.29 is 9.18 Å². The van der Waals surface area contributed by atoms with Crippen LogP contribution in [0.4, 0.5) is 10.2 Å². The number of nitrogens with one attached hydrogen (secondary N) is 1. The van der Waals surface area contributed by atoms with Crippen LogP contribution in [-0.4, -0.2) is 20.7 Å². The van der Waals surface area contributed by atoms with Gasteiger partial charge in [0, 0.05) is 19.3 Å². The number of hydrogen-bond donors (Lipinski definition) is 1. The van der Waals surface area contributed by atoms with E-state index in [9.17, 15) is 9.18 Å². The number of aryl methyl sites for hydroxylation is 1. The van der Waals surface area contributed by atoms with Crippen LogP contribution in [0, 0.1) is 5.82 Å². The van der Waals surface area contributed by atoms with Crippen molar-refractivity contribution in [3.63, 3.8) is 0 Å². The highest BCUT2D eigenvalue weighted by molar-refractivity contribution is 6.03. The Bertz CT molecular complexity index is 523. The van der Waals surface area contributed by atoms with Crippen LogP contribution in [0.2, 0.25) is 0 Å². The van der Waals surface area contributed by atoms with Gasteiger partial charge in [-0.3, -0.25) is 14.5 Å². The van der Waals surface area contributed by atoms with Crippen LogP contribution >= 0.6 is 0 Å². The monoisotopic (exact) mass is 220 g/mol. The average molecular weight is 220 g/mol. The topological polar surface area (TPSA) is 59.8 Å². The standard InChI is InChI=1S/C10H9FN4O/c1-15-9(3-5-13-15)14-10(16)7-2-4-12-6-8(7)11/h2-6H,1H3,(H,14,16). The van der Waals surface area contributed by atoms with E-state index in [1.165, 1.54) is 16.9 Å². The van der Waals surface area contributed by atoms with Gasteiger partial charge >= 0.3 is 0 Å². The van der Waals surface area contributed by atoms with Crippen LogP contribution in [0.3, 0.4) is 0 Å². The van der Waals surface area contributed by atoms with Gasteiger partial charge in [0.1, 0.15) is 5.82 Å². The minimum atomic E-state index is -0.651. The fraction of sp³-hybridized carbons (Fsp3) is 0.100. The lowest BCUT2D eigenvalue weighted by molar-refractivity contribution is 0.102. The summed E-state index contributed by atoms with van der Waals surface area (Å²) in [6, 6.07) is 2.94. The van der Waals surface area contributed by atoms with Gasteiger partial charge in [-0.25, -0.2) is 4.39 Å². The van der Waals surface area contributed by atoms with E-state index in [2.05, 4.69) is 15.4 Å². The van der Waals surface area contributed by atoms with Crippen molar-refractivity contribution in [3.05, 3.63) is 42.1 Å². The van der Waals surface area contributed by atoms with Gasteiger partial charge in [-0.2, -0.15) is 5.10 Å². The summed E-state index contributed by atoms with van der Waals surface area (Å²) in [7, 11) is 1.68. The normalized spacial score (nSPS) is 10.1. The molecule has 5 nitrogen and oxygen atoms in total. The molecule has 1 amide bonds. The molecule has 0 aromatic carbocycles. The summed E-state index contributed by atoms with van der Waals surface area (Å²) in [5.74, 6) is -0.674. The summed E-state index contributed by atoms with van der Waals surface area (Å²) in [6.45, 7) is 0. The molecule has 0 atom stereocenters. The molecule has 0 aliphatic rings. The second-order valence-corrected chi connectivity index (χ2v) is 3.15. The van der Waals surface area contributed by atoms with Crippen molar-refractivity contribution in [2.75, 3.05) is 5.32 Å². The second-order valence-electron chi connectivity index (χ2n) is 3.15. The molecule has 2 aromatic rings.